The molecule has 2 amide bonds. The van der Waals surface area contributed by atoms with Gasteiger partial charge >= 0.3 is 6.03 Å². The van der Waals surface area contributed by atoms with E-state index in [0.29, 0.717) is 12.4 Å². The summed E-state index contributed by atoms with van der Waals surface area (Å²) < 4.78 is 5.91. The van der Waals surface area contributed by atoms with Crippen LogP contribution in [0.2, 0.25) is 0 Å². The molecule has 0 spiro atoms. The summed E-state index contributed by atoms with van der Waals surface area (Å²) in [5.41, 5.74) is 0. The maximum atomic E-state index is 12.4. The first-order valence-electron chi connectivity index (χ1n) is 8.26. The van der Waals surface area contributed by atoms with Gasteiger partial charge in [-0.15, -0.1) is 10.2 Å². The van der Waals surface area contributed by atoms with Crippen molar-refractivity contribution in [3.63, 3.8) is 0 Å². The van der Waals surface area contributed by atoms with E-state index in [0.717, 1.165) is 38.3 Å². The summed E-state index contributed by atoms with van der Waals surface area (Å²) in [6.45, 7) is 6.86. The minimum absolute atomic E-state index is 0.0252. The molecule has 1 atom stereocenters. The van der Waals surface area contributed by atoms with Gasteiger partial charge in [0.2, 0.25) is 5.88 Å². The fourth-order valence-corrected chi connectivity index (χ4v) is 2.69. The molecule has 1 unspecified atom stereocenters. The minimum Gasteiger partial charge on any atom is -0.471 e. The fourth-order valence-electron chi connectivity index (χ4n) is 2.69. The van der Waals surface area contributed by atoms with Gasteiger partial charge in [-0.05, 0) is 32.8 Å². The largest absolute Gasteiger partial charge is 0.471 e. The lowest BCUT2D eigenvalue weighted by Crippen LogP contribution is -2.50. The lowest BCUT2D eigenvalue weighted by molar-refractivity contribution is 0.0831. The molecule has 7 nitrogen and oxygen atoms in total. The summed E-state index contributed by atoms with van der Waals surface area (Å²) in [4.78, 5) is 18.1. The van der Waals surface area contributed by atoms with Gasteiger partial charge in [-0.1, -0.05) is 0 Å². The van der Waals surface area contributed by atoms with Crippen molar-refractivity contribution in [2.24, 2.45) is 0 Å². The summed E-state index contributed by atoms with van der Waals surface area (Å²) >= 11 is 0. The molecule has 0 saturated carbocycles. The number of piperidine rings is 1. The van der Waals surface area contributed by atoms with Crippen molar-refractivity contribution in [2.75, 3.05) is 45.2 Å². The van der Waals surface area contributed by atoms with Crippen LogP contribution in [-0.2, 0) is 0 Å². The molecule has 2 heterocycles. The van der Waals surface area contributed by atoms with Crippen LogP contribution in [0, 0.1) is 0 Å². The molecule has 0 aromatic carbocycles. The predicted octanol–water partition coefficient (Wildman–Crippen LogP) is 1.85. The number of aromatic nitrogens is 2. The smallest absolute Gasteiger partial charge is 0.320 e. The van der Waals surface area contributed by atoms with Gasteiger partial charge in [-0.25, -0.2) is 4.79 Å². The number of hydrogen-bond donors (Lipinski definition) is 0. The third kappa shape index (κ3) is 4.46. The van der Waals surface area contributed by atoms with Crippen LogP contribution in [0.3, 0.4) is 0 Å². The number of likely N-dealkylation sites (tertiary alicyclic amines) is 1. The van der Waals surface area contributed by atoms with E-state index >= 15 is 0 Å². The van der Waals surface area contributed by atoms with E-state index in [1.165, 1.54) is 0 Å². The SMILES string of the molecule is CCN(CC)C(=O)N1CCCC(Oc2ccc(N(C)C)nn2)C1. The highest BCUT2D eigenvalue weighted by Gasteiger charge is 2.27. The Morgan fingerprint density at radius 1 is 1.30 bits per heavy atom. The Bertz CT molecular complexity index is 502. The lowest BCUT2D eigenvalue weighted by atomic mass is 10.1. The van der Waals surface area contributed by atoms with E-state index in [-0.39, 0.29) is 12.1 Å². The van der Waals surface area contributed by atoms with Crippen molar-refractivity contribution >= 4 is 11.8 Å². The first-order chi connectivity index (χ1) is 11.0. The van der Waals surface area contributed by atoms with E-state index in [1.54, 1.807) is 0 Å². The number of hydrogen-bond acceptors (Lipinski definition) is 5. The Kier molecular flexibility index (Phi) is 6.01. The van der Waals surface area contributed by atoms with Crippen LogP contribution >= 0.6 is 0 Å². The molecule has 0 N–H and O–H groups in total. The monoisotopic (exact) mass is 321 g/mol. The highest BCUT2D eigenvalue weighted by atomic mass is 16.5. The van der Waals surface area contributed by atoms with Crippen molar-refractivity contribution in [2.45, 2.75) is 32.8 Å². The molecular weight excluding hydrogens is 294 g/mol. The Morgan fingerprint density at radius 2 is 2.04 bits per heavy atom. The molecule has 0 bridgehead atoms. The van der Waals surface area contributed by atoms with Crippen molar-refractivity contribution in [3.05, 3.63) is 12.1 Å². The van der Waals surface area contributed by atoms with Crippen molar-refractivity contribution in [1.82, 2.24) is 20.0 Å². The molecule has 1 aliphatic heterocycles. The van der Waals surface area contributed by atoms with E-state index < -0.39 is 0 Å². The highest BCUT2D eigenvalue weighted by Crippen LogP contribution is 2.18. The second-order valence-electron chi connectivity index (χ2n) is 5.91. The summed E-state index contributed by atoms with van der Waals surface area (Å²) in [6.07, 6.45) is 1.85. The number of urea groups is 1. The number of amides is 2. The standard InChI is InChI=1S/C16H27N5O2/c1-5-20(6-2)16(22)21-11-7-8-13(12-21)23-15-10-9-14(17-18-15)19(3)4/h9-10,13H,5-8,11-12H2,1-4H3. The Balaban J connectivity index is 1.94. The maximum absolute atomic E-state index is 12.4. The molecule has 128 valence electrons. The Morgan fingerprint density at radius 3 is 2.61 bits per heavy atom. The average Bonchev–Trinajstić information content (AvgIpc) is 2.56. The third-order valence-electron chi connectivity index (χ3n) is 4.05. The predicted molar refractivity (Wildman–Crippen MR) is 89.9 cm³/mol. The summed E-state index contributed by atoms with van der Waals surface area (Å²) in [7, 11) is 3.84. The van der Waals surface area contributed by atoms with Gasteiger partial charge in [0, 0.05) is 39.8 Å². The molecule has 1 aromatic rings. The van der Waals surface area contributed by atoms with Gasteiger partial charge < -0.3 is 19.4 Å². The molecule has 0 radical (unpaired) electrons. The molecule has 23 heavy (non-hydrogen) atoms. The van der Waals surface area contributed by atoms with E-state index in [2.05, 4.69) is 10.2 Å². The van der Waals surface area contributed by atoms with E-state index in [9.17, 15) is 4.79 Å². The molecular formula is C16H27N5O2. The normalized spacial score (nSPS) is 17.7. The zero-order valence-electron chi connectivity index (χ0n) is 14.5. The molecule has 2 rings (SSSR count). The summed E-state index contributed by atoms with van der Waals surface area (Å²) in [5.74, 6) is 1.30. The van der Waals surface area contributed by atoms with Crippen molar-refractivity contribution in [3.8, 4) is 5.88 Å². The van der Waals surface area contributed by atoms with E-state index in [4.69, 9.17) is 4.74 Å². The topological polar surface area (TPSA) is 61.8 Å². The Labute approximate surface area is 138 Å². The quantitative estimate of drug-likeness (QED) is 0.828. The second-order valence-corrected chi connectivity index (χ2v) is 5.91. The number of rotatable bonds is 5. The van der Waals surface area contributed by atoms with Crippen molar-refractivity contribution < 1.29 is 9.53 Å². The van der Waals surface area contributed by atoms with Crippen LogP contribution in [-0.4, -0.2) is 72.4 Å². The zero-order valence-corrected chi connectivity index (χ0v) is 14.5. The molecule has 0 aliphatic carbocycles. The molecule has 1 aliphatic rings. The fraction of sp³-hybridized carbons (Fsp3) is 0.688. The van der Waals surface area contributed by atoms with Crippen LogP contribution in [0.15, 0.2) is 12.1 Å². The molecule has 1 aromatic heterocycles. The molecule has 1 fully saturated rings. The van der Waals surface area contributed by atoms with Gasteiger partial charge in [0.1, 0.15) is 6.10 Å². The average molecular weight is 321 g/mol. The zero-order chi connectivity index (χ0) is 16.8. The number of nitrogens with zero attached hydrogens (tertiary/aromatic N) is 5. The van der Waals surface area contributed by atoms with Gasteiger partial charge in [-0.2, -0.15) is 0 Å². The van der Waals surface area contributed by atoms with Crippen LogP contribution in [0.1, 0.15) is 26.7 Å². The molecule has 7 heteroatoms. The summed E-state index contributed by atoms with van der Waals surface area (Å²) in [6, 6.07) is 3.80. The lowest BCUT2D eigenvalue weighted by Gasteiger charge is -2.35. The van der Waals surface area contributed by atoms with Gasteiger partial charge in [0.05, 0.1) is 6.54 Å². The van der Waals surface area contributed by atoms with E-state index in [1.807, 2.05) is 54.8 Å². The number of ether oxygens (including phenoxy) is 1. The van der Waals surface area contributed by atoms with Gasteiger partial charge in [0.15, 0.2) is 5.82 Å². The first-order valence-corrected chi connectivity index (χ1v) is 8.26. The van der Waals surface area contributed by atoms with Crippen LogP contribution in [0.5, 0.6) is 5.88 Å². The number of anilines is 1. The van der Waals surface area contributed by atoms with Crippen LogP contribution < -0.4 is 9.64 Å². The minimum atomic E-state index is -0.0252. The maximum Gasteiger partial charge on any atom is 0.320 e. The van der Waals surface area contributed by atoms with Gasteiger partial charge in [-0.3, -0.25) is 0 Å². The highest BCUT2D eigenvalue weighted by molar-refractivity contribution is 5.74. The van der Waals surface area contributed by atoms with Crippen molar-refractivity contribution in [1.29, 1.82) is 0 Å². The Hall–Kier alpha value is -2.05. The van der Waals surface area contributed by atoms with Gasteiger partial charge in [0.25, 0.3) is 0 Å². The second kappa shape index (κ2) is 7.99. The number of carbonyl (C=O) groups is 1. The van der Waals surface area contributed by atoms with Crippen LogP contribution in [0.25, 0.3) is 0 Å². The summed E-state index contributed by atoms with van der Waals surface area (Å²) in [5, 5.41) is 8.22. The third-order valence-corrected chi connectivity index (χ3v) is 4.05. The number of carbonyl (C=O) groups excluding carboxylic acids is 1. The van der Waals surface area contributed by atoms with Crippen LogP contribution in [0.4, 0.5) is 10.6 Å². The first kappa shape index (κ1) is 17.3. The molecule has 1 saturated heterocycles.